The van der Waals surface area contributed by atoms with Gasteiger partial charge in [0.1, 0.15) is 24.5 Å². The minimum Gasteiger partial charge on any atom is -0.336 e. The molecule has 0 aromatic carbocycles. The molecule has 3 nitrogen and oxygen atoms in total. The Hall–Kier alpha value is -1.03. The van der Waals surface area contributed by atoms with E-state index in [4.69, 9.17) is 19.4 Å². The summed E-state index contributed by atoms with van der Waals surface area (Å²) in [4.78, 5) is 8.28. The maximum atomic E-state index is 5.94. The average molecular weight is 191 g/mol. The molecular weight excluding hydrogens is 184 g/mol. The van der Waals surface area contributed by atoms with E-state index < -0.39 is 0 Å². The standard InChI is InChI=1S/C8H7BClN3/c1-4-11-7(10)6-5(9)3-13(2)8(6)12-4/h3H,1-2H3. The van der Waals surface area contributed by atoms with E-state index in [1.54, 1.807) is 13.1 Å². The predicted octanol–water partition coefficient (Wildman–Crippen LogP) is 0.724. The van der Waals surface area contributed by atoms with E-state index >= 15 is 0 Å². The third-order valence-corrected chi connectivity index (χ3v) is 2.19. The number of halogens is 1. The summed E-state index contributed by atoms with van der Waals surface area (Å²) in [5.74, 6) is 0.652. The van der Waals surface area contributed by atoms with Crippen LogP contribution in [0.25, 0.3) is 11.0 Å². The van der Waals surface area contributed by atoms with Gasteiger partial charge in [-0.05, 0) is 13.1 Å². The van der Waals surface area contributed by atoms with Gasteiger partial charge in [0.2, 0.25) is 0 Å². The highest BCUT2D eigenvalue weighted by molar-refractivity contribution is 6.44. The van der Waals surface area contributed by atoms with Gasteiger partial charge in [0.05, 0.1) is 0 Å². The van der Waals surface area contributed by atoms with Crippen molar-refractivity contribution in [3.63, 3.8) is 0 Å². The van der Waals surface area contributed by atoms with Gasteiger partial charge in [-0.1, -0.05) is 17.1 Å². The molecule has 0 unspecified atom stereocenters. The second kappa shape index (κ2) is 2.74. The van der Waals surface area contributed by atoms with Gasteiger partial charge in [-0.25, -0.2) is 9.97 Å². The Labute approximate surface area is 82.2 Å². The molecule has 64 valence electrons. The topological polar surface area (TPSA) is 30.7 Å². The fourth-order valence-corrected chi connectivity index (χ4v) is 1.68. The molecule has 0 amide bonds. The van der Waals surface area contributed by atoms with Crippen LogP contribution in [0.4, 0.5) is 0 Å². The first-order chi connectivity index (χ1) is 6.09. The summed E-state index contributed by atoms with van der Waals surface area (Å²) >= 11 is 5.94. The summed E-state index contributed by atoms with van der Waals surface area (Å²) in [5.41, 5.74) is 1.39. The molecule has 5 heteroatoms. The summed E-state index contributed by atoms with van der Waals surface area (Å²) in [6.07, 6.45) is 1.78. The molecule has 0 aliphatic heterocycles. The zero-order valence-electron chi connectivity index (χ0n) is 7.37. The Morgan fingerprint density at radius 2 is 2.15 bits per heavy atom. The highest BCUT2D eigenvalue weighted by atomic mass is 35.5. The highest BCUT2D eigenvalue weighted by Gasteiger charge is 2.09. The first-order valence-electron chi connectivity index (χ1n) is 3.84. The molecule has 0 aliphatic carbocycles. The predicted molar refractivity (Wildman–Crippen MR) is 53.6 cm³/mol. The van der Waals surface area contributed by atoms with Crippen LogP contribution in [0.5, 0.6) is 0 Å². The Bertz CT molecular complexity index is 478. The van der Waals surface area contributed by atoms with Gasteiger partial charge >= 0.3 is 0 Å². The van der Waals surface area contributed by atoms with Crippen molar-refractivity contribution < 1.29 is 0 Å². The molecule has 2 rings (SSSR count). The third kappa shape index (κ3) is 1.21. The van der Waals surface area contributed by atoms with Gasteiger partial charge in [0.25, 0.3) is 0 Å². The van der Waals surface area contributed by atoms with Crippen molar-refractivity contribution in [3.8, 4) is 0 Å². The minimum atomic E-state index is 0.417. The highest BCUT2D eigenvalue weighted by Crippen LogP contribution is 2.18. The van der Waals surface area contributed by atoms with Crippen LogP contribution in [0.1, 0.15) is 5.82 Å². The number of hydrogen-bond donors (Lipinski definition) is 0. The van der Waals surface area contributed by atoms with Crippen LogP contribution in [-0.2, 0) is 7.05 Å². The van der Waals surface area contributed by atoms with Crippen LogP contribution in [0.2, 0.25) is 5.15 Å². The maximum Gasteiger partial charge on any atom is 0.144 e. The lowest BCUT2D eigenvalue weighted by atomic mass is 9.97. The molecule has 2 aromatic heterocycles. The Kier molecular flexibility index (Phi) is 1.80. The van der Waals surface area contributed by atoms with E-state index in [2.05, 4.69) is 9.97 Å². The van der Waals surface area contributed by atoms with Gasteiger partial charge in [0.15, 0.2) is 0 Å². The summed E-state index contributed by atoms with van der Waals surface area (Å²) in [5, 5.41) is 1.15. The van der Waals surface area contributed by atoms with Crippen molar-refractivity contribution >= 4 is 35.9 Å². The molecule has 2 aromatic rings. The molecular formula is C8H7BClN3. The molecule has 0 fully saturated rings. The largest absolute Gasteiger partial charge is 0.336 e. The zero-order valence-corrected chi connectivity index (χ0v) is 8.13. The molecule has 0 aliphatic rings. The molecule has 0 atom stereocenters. The quantitative estimate of drug-likeness (QED) is 0.454. The smallest absolute Gasteiger partial charge is 0.144 e. The lowest BCUT2D eigenvalue weighted by Crippen LogP contribution is -2.00. The fourth-order valence-electron chi connectivity index (χ4n) is 1.36. The van der Waals surface area contributed by atoms with Crippen LogP contribution in [-0.4, -0.2) is 22.4 Å². The molecule has 2 heterocycles. The fraction of sp³-hybridized carbons (Fsp3) is 0.250. The number of nitrogens with zero attached hydrogens (tertiary/aromatic N) is 3. The molecule has 0 spiro atoms. The molecule has 2 radical (unpaired) electrons. The van der Waals surface area contributed by atoms with E-state index in [-0.39, 0.29) is 0 Å². The first-order valence-corrected chi connectivity index (χ1v) is 4.22. The molecule has 0 bridgehead atoms. The van der Waals surface area contributed by atoms with Crippen LogP contribution in [0, 0.1) is 6.92 Å². The number of aryl methyl sites for hydroxylation is 2. The Morgan fingerprint density at radius 3 is 2.85 bits per heavy atom. The molecule has 0 saturated heterocycles. The molecule has 13 heavy (non-hydrogen) atoms. The van der Waals surface area contributed by atoms with E-state index in [1.807, 2.05) is 11.6 Å². The minimum absolute atomic E-state index is 0.417. The summed E-state index contributed by atoms with van der Waals surface area (Å²) in [6.45, 7) is 1.80. The lowest BCUT2D eigenvalue weighted by molar-refractivity contribution is 0.933. The van der Waals surface area contributed by atoms with Gasteiger partial charge < -0.3 is 4.57 Å². The first kappa shape index (κ1) is 8.57. The molecule has 0 saturated carbocycles. The van der Waals surface area contributed by atoms with Crippen molar-refractivity contribution in [2.45, 2.75) is 6.92 Å². The summed E-state index contributed by atoms with van der Waals surface area (Å²) < 4.78 is 1.84. The van der Waals surface area contributed by atoms with Crippen molar-refractivity contribution in [1.82, 2.24) is 14.5 Å². The van der Waals surface area contributed by atoms with Crippen molar-refractivity contribution in [2.24, 2.45) is 7.05 Å². The van der Waals surface area contributed by atoms with E-state index in [1.165, 1.54) is 0 Å². The van der Waals surface area contributed by atoms with E-state index in [9.17, 15) is 0 Å². The summed E-state index contributed by atoms with van der Waals surface area (Å²) in [7, 11) is 7.62. The molecule has 0 N–H and O–H groups in total. The number of hydrogen-bond acceptors (Lipinski definition) is 2. The van der Waals surface area contributed by atoms with Gasteiger partial charge in [-0.15, -0.1) is 0 Å². The van der Waals surface area contributed by atoms with Gasteiger partial charge in [-0.3, -0.25) is 0 Å². The average Bonchev–Trinajstić information content (AvgIpc) is 2.27. The van der Waals surface area contributed by atoms with E-state index in [0.29, 0.717) is 16.4 Å². The van der Waals surface area contributed by atoms with Crippen molar-refractivity contribution in [2.75, 3.05) is 0 Å². The zero-order chi connectivity index (χ0) is 9.59. The second-order valence-electron chi connectivity index (χ2n) is 2.96. The second-order valence-corrected chi connectivity index (χ2v) is 3.31. The summed E-state index contributed by atoms with van der Waals surface area (Å²) in [6, 6.07) is 0. The van der Waals surface area contributed by atoms with Crippen LogP contribution < -0.4 is 5.46 Å². The van der Waals surface area contributed by atoms with Crippen LogP contribution in [0.15, 0.2) is 6.20 Å². The Morgan fingerprint density at radius 1 is 1.46 bits per heavy atom. The SMILES string of the molecule is [B]c1cn(C)c2nc(C)nc(Cl)c12. The van der Waals surface area contributed by atoms with Crippen molar-refractivity contribution in [1.29, 1.82) is 0 Å². The number of aromatic nitrogens is 3. The third-order valence-electron chi connectivity index (χ3n) is 1.91. The van der Waals surface area contributed by atoms with Crippen molar-refractivity contribution in [3.05, 3.63) is 17.2 Å². The van der Waals surface area contributed by atoms with Crippen LogP contribution >= 0.6 is 11.6 Å². The Balaban J connectivity index is 2.97. The lowest BCUT2D eigenvalue weighted by Gasteiger charge is -1.98. The number of fused-ring (bicyclic) bond motifs is 1. The van der Waals surface area contributed by atoms with E-state index in [0.717, 1.165) is 11.0 Å². The van der Waals surface area contributed by atoms with Gasteiger partial charge in [0, 0.05) is 12.4 Å². The normalized spacial score (nSPS) is 11.0. The number of rotatable bonds is 0. The maximum absolute atomic E-state index is 5.94. The van der Waals surface area contributed by atoms with Crippen LogP contribution in [0.3, 0.4) is 0 Å². The van der Waals surface area contributed by atoms with Gasteiger partial charge in [-0.2, -0.15) is 0 Å². The monoisotopic (exact) mass is 191 g/mol.